The Labute approximate surface area is 144 Å². The van der Waals surface area contributed by atoms with Crippen molar-refractivity contribution in [1.29, 1.82) is 0 Å². The number of nitrogens with two attached hydrogens (primary N) is 1. The molecule has 0 heterocycles. The van der Waals surface area contributed by atoms with E-state index in [2.05, 4.69) is 24.2 Å². The van der Waals surface area contributed by atoms with E-state index in [-0.39, 0.29) is 29.4 Å². The summed E-state index contributed by atoms with van der Waals surface area (Å²) < 4.78 is 10.2. The highest BCUT2D eigenvalue weighted by Gasteiger charge is 2.16. The van der Waals surface area contributed by atoms with Crippen molar-refractivity contribution in [2.75, 3.05) is 32.7 Å². The Bertz CT molecular complexity index is 433. The molecule has 0 unspecified atom stereocenters. The van der Waals surface area contributed by atoms with Gasteiger partial charge >= 0.3 is 0 Å². The standard InChI is InChI=1S/C15H25N3O2.HI/c1-15(2,9-10-19-3)11-17-14(16)18-12-5-7-13(20-4)8-6-12;/h5-8H,9-11H2,1-4H3,(H3,16,17,18);1H. The SMILES string of the molecule is COCCC(C)(C)CN=C(N)Nc1ccc(OC)cc1.I. The number of halogens is 1. The van der Waals surface area contributed by atoms with Crippen LogP contribution >= 0.6 is 24.0 Å². The molecule has 3 N–H and O–H groups in total. The van der Waals surface area contributed by atoms with Crippen LogP contribution in [0.25, 0.3) is 0 Å². The van der Waals surface area contributed by atoms with Crippen LogP contribution < -0.4 is 15.8 Å². The fraction of sp³-hybridized carbons (Fsp3) is 0.533. The molecule has 1 aromatic rings. The number of anilines is 1. The zero-order valence-corrected chi connectivity index (χ0v) is 15.5. The van der Waals surface area contributed by atoms with Crippen LogP contribution in [0.15, 0.2) is 29.3 Å². The van der Waals surface area contributed by atoms with Gasteiger partial charge in [0.25, 0.3) is 0 Å². The van der Waals surface area contributed by atoms with E-state index in [0.717, 1.165) is 24.5 Å². The van der Waals surface area contributed by atoms with Gasteiger partial charge in [-0.05, 0) is 36.1 Å². The van der Waals surface area contributed by atoms with E-state index in [9.17, 15) is 0 Å². The maximum atomic E-state index is 5.89. The molecule has 0 spiro atoms. The van der Waals surface area contributed by atoms with E-state index in [1.807, 2.05) is 24.3 Å². The highest BCUT2D eigenvalue weighted by atomic mass is 127. The van der Waals surface area contributed by atoms with Gasteiger partial charge in [-0.3, -0.25) is 4.99 Å². The van der Waals surface area contributed by atoms with E-state index in [0.29, 0.717) is 12.5 Å². The Morgan fingerprint density at radius 1 is 1.24 bits per heavy atom. The summed E-state index contributed by atoms with van der Waals surface area (Å²) in [6.45, 7) is 5.69. The van der Waals surface area contributed by atoms with Gasteiger partial charge in [0.05, 0.1) is 7.11 Å². The third kappa shape index (κ3) is 8.11. The van der Waals surface area contributed by atoms with Crippen LogP contribution in [0.3, 0.4) is 0 Å². The van der Waals surface area contributed by atoms with Gasteiger partial charge in [-0.15, -0.1) is 24.0 Å². The summed E-state index contributed by atoms with van der Waals surface area (Å²) in [6.07, 6.45) is 0.947. The van der Waals surface area contributed by atoms with Crippen molar-refractivity contribution in [3.8, 4) is 5.75 Å². The van der Waals surface area contributed by atoms with Crippen molar-refractivity contribution < 1.29 is 9.47 Å². The highest BCUT2D eigenvalue weighted by molar-refractivity contribution is 14.0. The first-order valence-corrected chi connectivity index (χ1v) is 6.67. The average molecular weight is 407 g/mol. The summed E-state index contributed by atoms with van der Waals surface area (Å²) in [4.78, 5) is 4.38. The van der Waals surface area contributed by atoms with Gasteiger partial charge in [0.15, 0.2) is 5.96 Å². The molecule has 0 amide bonds. The summed E-state index contributed by atoms with van der Waals surface area (Å²) in [5.74, 6) is 1.23. The smallest absolute Gasteiger partial charge is 0.193 e. The third-order valence-electron chi connectivity index (χ3n) is 3.02. The number of methoxy groups -OCH3 is 2. The molecular weight excluding hydrogens is 381 g/mol. The second-order valence-corrected chi connectivity index (χ2v) is 5.46. The summed E-state index contributed by atoms with van der Waals surface area (Å²) in [5.41, 5.74) is 6.85. The molecule has 0 fully saturated rings. The van der Waals surface area contributed by atoms with E-state index in [4.69, 9.17) is 15.2 Å². The number of guanidine groups is 1. The molecule has 0 aromatic heterocycles. The predicted octanol–water partition coefficient (Wildman–Crippen LogP) is 3.10. The topological polar surface area (TPSA) is 68.9 Å². The van der Waals surface area contributed by atoms with Gasteiger partial charge in [-0.25, -0.2) is 0 Å². The molecule has 0 aliphatic rings. The third-order valence-corrected chi connectivity index (χ3v) is 3.02. The van der Waals surface area contributed by atoms with Crippen LogP contribution in [-0.2, 0) is 4.74 Å². The molecule has 0 aliphatic carbocycles. The molecule has 0 radical (unpaired) electrons. The Hall–Kier alpha value is -1.02. The molecule has 0 atom stereocenters. The summed E-state index contributed by atoms with van der Waals surface area (Å²) >= 11 is 0. The number of hydrogen-bond acceptors (Lipinski definition) is 3. The monoisotopic (exact) mass is 407 g/mol. The number of hydrogen-bond donors (Lipinski definition) is 2. The van der Waals surface area contributed by atoms with Crippen molar-refractivity contribution in [1.82, 2.24) is 0 Å². The van der Waals surface area contributed by atoms with Gasteiger partial charge in [-0.2, -0.15) is 0 Å². The molecule has 1 aromatic carbocycles. The van der Waals surface area contributed by atoms with E-state index in [1.165, 1.54) is 0 Å². The lowest BCUT2D eigenvalue weighted by molar-refractivity contribution is 0.155. The molecule has 0 saturated carbocycles. The number of rotatable bonds is 7. The fourth-order valence-electron chi connectivity index (χ4n) is 1.62. The van der Waals surface area contributed by atoms with Gasteiger partial charge in [-0.1, -0.05) is 13.8 Å². The highest BCUT2D eigenvalue weighted by Crippen LogP contribution is 2.20. The molecule has 5 nitrogen and oxygen atoms in total. The molecule has 0 saturated heterocycles. The van der Waals surface area contributed by atoms with Crippen LogP contribution in [0.1, 0.15) is 20.3 Å². The Balaban J connectivity index is 0.00000400. The average Bonchev–Trinajstić information content (AvgIpc) is 2.44. The first kappa shape index (κ1) is 20.0. The van der Waals surface area contributed by atoms with Crippen LogP contribution in [-0.4, -0.2) is 33.3 Å². The minimum atomic E-state index is 0. The summed E-state index contributed by atoms with van der Waals surface area (Å²) in [5, 5.41) is 3.06. The number of aliphatic imine (C=N–C) groups is 1. The second kappa shape index (κ2) is 9.83. The summed E-state index contributed by atoms with van der Waals surface area (Å²) in [6, 6.07) is 7.55. The Morgan fingerprint density at radius 2 is 1.86 bits per heavy atom. The summed E-state index contributed by atoms with van der Waals surface area (Å²) in [7, 11) is 3.35. The van der Waals surface area contributed by atoms with Crippen LogP contribution in [0, 0.1) is 5.41 Å². The molecule has 6 heteroatoms. The normalized spacial score (nSPS) is 11.7. The van der Waals surface area contributed by atoms with Crippen molar-refractivity contribution >= 4 is 35.6 Å². The largest absolute Gasteiger partial charge is 0.497 e. The van der Waals surface area contributed by atoms with Crippen LogP contribution in [0.2, 0.25) is 0 Å². The minimum absolute atomic E-state index is 0. The molecule has 1 rings (SSSR count). The number of nitrogens with zero attached hydrogens (tertiary/aromatic N) is 1. The lowest BCUT2D eigenvalue weighted by Gasteiger charge is -2.22. The van der Waals surface area contributed by atoms with Gasteiger partial charge in [0.1, 0.15) is 5.75 Å². The lowest BCUT2D eigenvalue weighted by Crippen LogP contribution is -2.26. The number of ether oxygens (including phenoxy) is 2. The van der Waals surface area contributed by atoms with Crippen molar-refractivity contribution in [2.45, 2.75) is 20.3 Å². The zero-order chi connectivity index (χ0) is 15.0. The van der Waals surface area contributed by atoms with Crippen LogP contribution in [0.4, 0.5) is 5.69 Å². The fourth-order valence-corrected chi connectivity index (χ4v) is 1.62. The van der Waals surface area contributed by atoms with E-state index < -0.39 is 0 Å². The molecular formula is C15H26IN3O2. The van der Waals surface area contributed by atoms with E-state index in [1.54, 1.807) is 14.2 Å². The second-order valence-electron chi connectivity index (χ2n) is 5.46. The molecule has 120 valence electrons. The molecule has 0 aliphatic heterocycles. The molecule has 0 bridgehead atoms. The molecule has 21 heavy (non-hydrogen) atoms. The first-order valence-electron chi connectivity index (χ1n) is 6.67. The number of nitrogens with one attached hydrogen (secondary N) is 1. The predicted molar refractivity (Wildman–Crippen MR) is 98.8 cm³/mol. The number of benzene rings is 1. The van der Waals surface area contributed by atoms with Crippen molar-refractivity contribution in [3.05, 3.63) is 24.3 Å². The van der Waals surface area contributed by atoms with Gasteiger partial charge < -0.3 is 20.5 Å². The Kier molecular flexibility index (Phi) is 9.36. The van der Waals surface area contributed by atoms with Crippen molar-refractivity contribution in [3.63, 3.8) is 0 Å². The maximum Gasteiger partial charge on any atom is 0.193 e. The minimum Gasteiger partial charge on any atom is -0.497 e. The first-order chi connectivity index (χ1) is 9.46. The van der Waals surface area contributed by atoms with Gasteiger partial charge in [0.2, 0.25) is 0 Å². The lowest BCUT2D eigenvalue weighted by atomic mass is 9.90. The zero-order valence-electron chi connectivity index (χ0n) is 13.2. The quantitative estimate of drug-likeness (QED) is 0.414. The Morgan fingerprint density at radius 3 is 2.38 bits per heavy atom. The van der Waals surface area contributed by atoms with Crippen molar-refractivity contribution in [2.24, 2.45) is 16.1 Å². The van der Waals surface area contributed by atoms with Crippen LogP contribution in [0.5, 0.6) is 5.75 Å². The van der Waals surface area contributed by atoms with E-state index >= 15 is 0 Å². The van der Waals surface area contributed by atoms with Gasteiger partial charge in [0, 0.05) is 25.9 Å². The maximum absolute atomic E-state index is 5.89.